The van der Waals surface area contributed by atoms with E-state index >= 15 is 0 Å². The summed E-state index contributed by atoms with van der Waals surface area (Å²) in [5.74, 6) is 2.69. The molecule has 20 heavy (non-hydrogen) atoms. The summed E-state index contributed by atoms with van der Waals surface area (Å²) in [6, 6.07) is 0.751. The fraction of sp³-hybridized carbons (Fsp3) is 0.800. The molecule has 3 aliphatic rings. The third kappa shape index (κ3) is 2.62. The lowest BCUT2D eigenvalue weighted by molar-refractivity contribution is 0.00160. The van der Waals surface area contributed by atoms with Crippen molar-refractivity contribution in [3.8, 4) is 0 Å². The molecule has 5 heteroatoms. The van der Waals surface area contributed by atoms with E-state index in [9.17, 15) is 0 Å². The number of aromatic nitrogens is 1. The molecular formula is C15H24N4O. The number of hydrogen-bond acceptors (Lipinski definition) is 5. The maximum Gasteiger partial charge on any atom is 0.208 e. The molecule has 1 aromatic heterocycles. The zero-order chi connectivity index (χ0) is 13.5. The number of rotatable bonds is 4. The number of likely N-dealkylation sites (tertiary alicyclic amines) is 1. The number of nitrogens with zero attached hydrogens (tertiary/aromatic N) is 4. The summed E-state index contributed by atoms with van der Waals surface area (Å²) in [6.07, 6.45) is 4.50. The highest BCUT2D eigenvalue weighted by atomic mass is 16.4. The molecule has 110 valence electrons. The minimum absolute atomic E-state index is 0.672. The van der Waals surface area contributed by atoms with Crippen LogP contribution in [0.4, 0.5) is 0 Å². The molecule has 0 atom stereocenters. The van der Waals surface area contributed by atoms with E-state index in [1.165, 1.54) is 52.1 Å². The van der Waals surface area contributed by atoms with E-state index < -0.39 is 0 Å². The van der Waals surface area contributed by atoms with Gasteiger partial charge in [0.15, 0.2) is 0 Å². The molecule has 3 fully saturated rings. The fourth-order valence-corrected chi connectivity index (χ4v) is 3.24. The van der Waals surface area contributed by atoms with Crippen LogP contribution in [-0.2, 0) is 6.54 Å². The van der Waals surface area contributed by atoms with Crippen molar-refractivity contribution in [3.05, 3.63) is 17.8 Å². The van der Waals surface area contributed by atoms with Crippen LogP contribution in [0.2, 0.25) is 0 Å². The Morgan fingerprint density at radius 1 is 1.20 bits per heavy atom. The summed E-state index contributed by atoms with van der Waals surface area (Å²) < 4.78 is 5.84. The first-order valence-electron chi connectivity index (χ1n) is 7.87. The van der Waals surface area contributed by atoms with E-state index in [4.69, 9.17) is 4.42 Å². The van der Waals surface area contributed by atoms with Gasteiger partial charge in [0.1, 0.15) is 5.76 Å². The molecule has 2 aliphatic heterocycles. The summed E-state index contributed by atoms with van der Waals surface area (Å²) in [4.78, 5) is 11.9. The summed E-state index contributed by atoms with van der Waals surface area (Å²) in [5, 5.41) is 0. The highest BCUT2D eigenvalue weighted by Crippen LogP contribution is 2.40. The number of piperazine rings is 1. The van der Waals surface area contributed by atoms with E-state index in [1.807, 2.05) is 6.20 Å². The lowest BCUT2D eigenvalue weighted by Crippen LogP contribution is -2.62. The zero-order valence-electron chi connectivity index (χ0n) is 12.3. The van der Waals surface area contributed by atoms with Gasteiger partial charge in [-0.15, -0.1) is 0 Å². The molecule has 3 heterocycles. The van der Waals surface area contributed by atoms with Gasteiger partial charge in [-0.2, -0.15) is 0 Å². The van der Waals surface area contributed by atoms with Crippen LogP contribution in [0, 0.1) is 0 Å². The van der Waals surface area contributed by atoms with Crippen LogP contribution in [0.3, 0.4) is 0 Å². The van der Waals surface area contributed by atoms with E-state index in [2.05, 4.69) is 26.7 Å². The number of hydrogen-bond donors (Lipinski definition) is 0. The molecule has 2 saturated heterocycles. The third-order valence-corrected chi connectivity index (χ3v) is 4.90. The van der Waals surface area contributed by atoms with Gasteiger partial charge in [0, 0.05) is 51.2 Å². The smallest absolute Gasteiger partial charge is 0.208 e. The van der Waals surface area contributed by atoms with E-state index in [0.29, 0.717) is 5.92 Å². The molecule has 5 nitrogen and oxygen atoms in total. The monoisotopic (exact) mass is 276 g/mol. The van der Waals surface area contributed by atoms with Gasteiger partial charge in [-0.25, -0.2) is 4.98 Å². The van der Waals surface area contributed by atoms with Gasteiger partial charge >= 0.3 is 0 Å². The second kappa shape index (κ2) is 5.13. The van der Waals surface area contributed by atoms with Crippen molar-refractivity contribution in [1.29, 1.82) is 0 Å². The maximum atomic E-state index is 5.84. The first-order valence-corrected chi connectivity index (χ1v) is 7.87. The molecule has 4 rings (SSSR count). The van der Waals surface area contributed by atoms with Gasteiger partial charge in [0.2, 0.25) is 5.89 Å². The molecule has 0 bridgehead atoms. The molecule has 1 saturated carbocycles. The van der Waals surface area contributed by atoms with Crippen LogP contribution in [0.25, 0.3) is 0 Å². The lowest BCUT2D eigenvalue weighted by Gasteiger charge is -2.47. The predicted molar refractivity (Wildman–Crippen MR) is 76.6 cm³/mol. The Morgan fingerprint density at radius 2 is 1.95 bits per heavy atom. The topological polar surface area (TPSA) is 35.8 Å². The normalized spacial score (nSPS) is 26.9. The fourth-order valence-electron chi connectivity index (χ4n) is 3.24. The van der Waals surface area contributed by atoms with Crippen molar-refractivity contribution in [2.45, 2.75) is 31.3 Å². The van der Waals surface area contributed by atoms with Crippen LogP contribution in [0.15, 0.2) is 10.6 Å². The van der Waals surface area contributed by atoms with Crippen molar-refractivity contribution in [2.24, 2.45) is 0 Å². The Morgan fingerprint density at radius 3 is 2.65 bits per heavy atom. The van der Waals surface area contributed by atoms with Gasteiger partial charge in [-0.3, -0.25) is 9.80 Å². The highest BCUT2D eigenvalue weighted by molar-refractivity contribution is 5.08. The van der Waals surface area contributed by atoms with Crippen LogP contribution < -0.4 is 0 Å². The second-order valence-corrected chi connectivity index (χ2v) is 6.62. The van der Waals surface area contributed by atoms with Crippen LogP contribution in [0.1, 0.15) is 30.4 Å². The molecular weight excluding hydrogens is 252 g/mol. The Bertz CT molecular complexity index is 456. The molecule has 0 unspecified atom stereocenters. The van der Waals surface area contributed by atoms with E-state index in [1.54, 1.807) is 0 Å². The summed E-state index contributed by atoms with van der Waals surface area (Å²) in [6.45, 7) is 8.09. The van der Waals surface area contributed by atoms with Crippen LogP contribution in [-0.4, -0.2) is 72.0 Å². The highest BCUT2D eigenvalue weighted by Gasteiger charge is 2.34. The average Bonchev–Trinajstić information content (AvgIpc) is 3.15. The minimum Gasteiger partial charge on any atom is -0.444 e. The SMILES string of the molecule is CN1CCN(C2CN(Cc3ncc(C4CC4)o3)C2)CC1. The van der Waals surface area contributed by atoms with Gasteiger partial charge in [0.25, 0.3) is 0 Å². The second-order valence-electron chi connectivity index (χ2n) is 6.62. The zero-order valence-corrected chi connectivity index (χ0v) is 12.3. The van der Waals surface area contributed by atoms with E-state index in [-0.39, 0.29) is 0 Å². The molecule has 0 radical (unpaired) electrons. The molecule has 0 N–H and O–H groups in total. The summed E-state index contributed by atoms with van der Waals surface area (Å²) >= 11 is 0. The molecule has 0 spiro atoms. The standard InChI is InChI=1S/C15H24N4O/c1-17-4-6-19(7-5-17)13-9-18(10-13)11-15-16-8-14(20-15)12-2-3-12/h8,12-13H,2-7,9-11H2,1H3. The van der Waals surface area contributed by atoms with Gasteiger partial charge in [0.05, 0.1) is 12.7 Å². The van der Waals surface area contributed by atoms with Crippen molar-refractivity contribution in [2.75, 3.05) is 46.3 Å². The number of likely N-dealkylation sites (N-methyl/N-ethyl adjacent to an activating group) is 1. The van der Waals surface area contributed by atoms with Crippen molar-refractivity contribution in [1.82, 2.24) is 19.7 Å². The molecule has 0 aromatic carbocycles. The Kier molecular flexibility index (Phi) is 3.28. The minimum atomic E-state index is 0.672. The Hall–Kier alpha value is -0.910. The van der Waals surface area contributed by atoms with Gasteiger partial charge in [-0.05, 0) is 19.9 Å². The Balaban J connectivity index is 1.24. The van der Waals surface area contributed by atoms with E-state index in [0.717, 1.165) is 24.2 Å². The first-order chi connectivity index (χ1) is 9.78. The summed E-state index contributed by atoms with van der Waals surface area (Å²) in [7, 11) is 2.21. The average molecular weight is 276 g/mol. The number of oxazole rings is 1. The van der Waals surface area contributed by atoms with Crippen LogP contribution >= 0.6 is 0 Å². The van der Waals surface area contributed by atoms with Gasteiger partial charge < -0.3 is 9.32 Å². The molecule has 1 aromatic rings. The van der Waals surface area contributed by atoms with Gasteiger partial charge in [-0.1, -0.05) is 0 Å². The lowest BCUT2D eigenvalue weighted by atomic mass is 10.1. The molecule has 1 aliphatic carbocycles. The maximum absolute atomic E-state index is 5.84. The quantitative estimate of drug-likeness (QED) is 0.819. The first kappa shape index (κ1) is 12.8. The molecule has 0 amide bonds. The van der Waals surface area contributed by atoms with Crippen molar-refractivity contribution >= 4 is 0 Å². The van der Waals surface area contributed by atoms with Crippen LogP contribution in [0.5, 0.6) is 0 Å². The van der Waals surface area contributed by atoms with Crippen molar-refractivity contribution < 1.29 is 4.42 Å². The third-order valence-electron chi connectivity index (χ3n) is 4.90. The Labute approximate surface area is 120 Å². The largest absolute Gasteiger partial charge is 0.444 e. The summed E-state index contributed by atoms with van der Waals surface area (Å²) in [5.41, 5.74) is 0. The van der Waals surface area contributed by atoms with Crippen molar-refractivity contribution in [3.63, 3.8) is 0 Å². The predicted octanol–water partition coefficient (Wildman–Crippen LogP) is 0.984.